The maximum Gasteiger partial charge on any atom is 0.0883 e. The zero-order valence-electron chi connectivity index (χ0n) is 4.03. The lowest BCUT2D eigenvalue weighted by atomic mass is 10.4. The minimum Gasteiger partial charge on any atom is -0.502 e. The molecule has 0 rings (SSSR count). The van der Waals surface area contributed by atoms with Crippen molar-refractivity contribution in [1.29, 1.82) is 0 Å². The van der Waals surface area contributed by atoms with E-state index in [4.69, 9.17) is 0 Å². The van der Waals surface area contributed by atoms with Gasteiger partial charge in [0.15, 0.2) is 0 Å². The Bertz CT molecular complexity index is 41.9. The molecule has 0 saturated carbocycles. The average molecular weight is 85.1 g/mol. The van der Waals surface area contributed by atoms with Crippen LogP contribution in [0.15, 0.2) is 12.3 Å². The van der Waals surface area contributed by atoms with E-state index in [0.29, 0.717) is 6.42 Å². The van der Waals surface area contributed by atoms with E-state index in [1.807, 2.05) is 0 Å². The van der Waals surface area contributed by atoms with Gasteiger partial charge in [0.2, 0.25) is 0 Å². The van der Waals surface area contributed by atoms with Crippen molar-refractivity contribution in [3.8, 4) is 0 Å². The fraction of sp³-hybridized carbons (Fsp3) is 0.400. The summed E-state index contributed by atoms with van der Waals surface area (Å²) in [6.07, 6.45) is 0.663. The molecule has 0 aromatic rings. The van der Waals surface area contributed by atoms with Crippen molar-refractivity contribution in [2.75, 3.05) is 7.11 Å². The molecule has 0 amide bonds. The zero-order chi connectivity index (χ0) is 4.99. The summed E-state index contributed by atoms with van der Waals surface area (Å²) < 4.78 is 4.64. The highest BCUT2D eigenvalue weighted by Gasteiger charge is 1.78. The second-order valence-corrected chi connectivity index (χ2v) is 0.993. The lowest BCUT2D eigenvalue weighted by Gasteiger charge is -1.94. The summed E-state index contributed by atoms with van der Waals surface area (Å²) in [7, 11) is 1.59. The molecule has 0 aliphatic rings. The Kier molecular flexibility index (Phi) is 2.55. The fourth-order valence-corrected chi connectivity index (χ4v) is 0.102. The second kappa shape index (κ2) is 2.76. The number of hydrogen-bond acceptors (Lipinski definition) is 1. The van der Waals surface area contributed by atoms with Crippen LogP contribution in [0.25, 0.3) is 0 Å². The van der Waals surface area contributed by atoms with Gasteiger partial charge in [0.05, 0.1) is 12.9 Å². The van der Waals surface area contributed by atoms with E-state index in [0.717, 1.165) is 5.76 Å². The smallest absolute Gasteiger partial charge is 0.0883 e. The summed E-state index contributed by atoms with van der Waals surface area (Å²) in [5.74, 6) is 0.731. The Balaban J connectivity index is 2.99. The molecule has 0 saturated heterocycles. The van der Waals surface area contributed by atoms with Crippen molar-refractivity contribution in [1.82, 2.24) is 0 Å². The van der Waals surface area contributed by atoms with Crippen molar-refractivity contribution >= 4 is 0 Å². The van der Waals surface area contributed by atoms with Crippen LogP contribution in [0.1, 0.15) is 6.42 Å². The number of allylic oxidation sites excluding steroid dienone is 1. The molecule has 0 aromatic carbocycles. The number of methoxy groups -OCH3 is 1. The maximum absolute atomic E-state index is 4.64. The van der Waals surface area contributed by atoms with Gasteiger partial charge in [0, 0.05) is 6.42 Å². The van der Waals surface area contributed by atoms with Gasteiger partial charge < -0.3 is 4.74 Å². The fourth-order valence-electron chi connectivity index (χ4n) is 0.102. The van der Waals surface area contributed by atoms with Crippen molar-refractivity contribution < 1.29 is 4.74 Å². The Hall–Kier alpha value is -0.460. The Morgan fingerprint density at radius 3 is 2.33 bits per heavy atom. The highest BCUT2D eigenvalue weighted by Crippen LogP contribution is 1.92. The minimum atomic E-state index is 0.663. The molecule has 0 heterocycles. The molecule has 0 spiro atoms. The third-order valence-corrected chi connectivity index (χ3v) is 0.568. The lowest BCUT2D eigenvalue weighted by Crippen LogP contribution is -1.77. The SMILES string of the molecule is [CH2]CC(=C)OC. The van der Waals surface area contributed by atoms with Crippen LogP contribution in [0.4, 0.5) is 0 Å². The first-order valence-electron chi connectivity index (χ1n) is 1.82. The third kappa shape index (κ3) is 1.82. The second-order valence-electron chi connectivity index (χ2n) is 0.993. The summed E-state index contributed by atoms with van der Waals surface area (Å²) in [6.45, 7) is 7.04. The van der Waals surface area contributed by atoms with Crippen molar-refractivity contribution in [3.05, 3.63) is 19.3 Å². The quantitative estimate of drug-likeness (QED) is 0.460. The maximum atomic E-state index is 4.64. The normalized spacial score (nSPS) is 7.67. The van der Waals surface area contributed by atoms with Crippen LogP contribution < -0.4 is 0 Å². The van der Waals surface area contributed by atoms with Crippen molar-refractivity contribution in [3.63, 3.8) is 0 Å². The molecule has 0 N–H and O–H groups in total. The molecule has 0 unspecified atom stereocenters. The molecule has 0 aromatic heterocycles. The topological polar surface area (TPSA) is 9.23 Å². The first-order chi connectivity index (χ1) is 2.81. The molecule has 1 radical (unpaired) electrons. The molecule has 0 bridgehead atoms. The van der Waals surface area contributed by atoms with Gasteiger partial charge in [-0.2, -0.15) is 0 Å². The Labute approximate surface area is 38.6 Å². The van der Waals surface area contributed by atoms with E-state index >= 15 is 0 Å². The minimum absolute atomic E-state index is 0.663. The van der Waals surface area contributed by atoms with Gasteiger partial charge in [-0.25, -0.2) is 0 Å². The average Bonchev–Trinajstić information content (AvgIpc) is 1.65. The monoisotopic (exact) mass is 85.1 g/mol. The predicted molar refractivity (Wildman–Crippen MR) is 26.1 cm³/mol. The van der Waals surface area contributed by atoms with Crippen molar-refractivity contribution in [2.45, 2.75) is 6.42 Å². The van der Waals surface area contributed by atoms with Gasteiger partial charge in [-0.05, 0) is 6.92 Å². The molecule has 0 fully saturated rings. The van der Waals surface area contributed by atoms with Crippen LogP contribution in [0.3, 0.4) is 0 Å². The third-order valence-electron chi connectivity index (χ3n) is 0.568. The highest BCUT2D eigenvalue weighted by atomic mass is 16.5. The standard InChI is InChI=1S/C5H9O/c1-4-5(2)6-3/h1-2,4H2,3H3. The van der Waals surface area contributed by atoms with Crippen LogP contribution in [-0.4, -0.2) is 7.11 Å². The summed E-state index contributed by atoms with van der Waals surface area (Å²) in [6, 6.07) is 0. The van der Waals surface area contributed by atoms with E-state index in [2.05, 4.69) is 18.2 Å². The first kappa shape index (κ1) is 5.54. The van der Waals surface area contributed by atoms with E-state index in [9.17, 15) is 0 Å². The summed E-state index contributed by atoms with van der Waals surface area (Å²) in [5.41, 5.74) is 0. The molecule has 1 heteroatoms. The van der Waals surface area contributed by atoms with Gasteiger partial charge in [-0.15, -0.1) is 0 Å². The molecule has 6 heavy (non-hydrogen) atoms. The Morgan fingerprint density at radius 2 is 2.33 bits per heavy atom. The molecule has 0 aliphatic carbocycles. The van der Waals surface area contributed by atoms with Gasteiger partial charge in [0.25, 0.3) is 0 Å². The number of hydrogen-bond donors (Lipinski definition) is 0. The van der Waals surface area contributed by atoms with Gasteiger partial charge >= 0.3 is 0 Å². The zero-order valence-corrected chi connectivity index (χ0v) is 4.03. The summed E-state index contributed by atoms with van der Waals surface area (Å²) in [4.78, 5) is 0. The van der Waals surface area contributed by atoms with Gasteiger partial charge in [0.1, 0.15) is 0 Å². The van der Waals surface area contributed by atoms with Crippen LogP contribution in [0.2, 0.25) is 0 Å². The summed E-state index contributed by atoms with van der Waals surface area (Å²) >= 11 is 0. The van der Waals surface area contributed by atoms with E-state index in [1.165, 1.54) is 0 Å². The van der Waals surface area contributed by atoms with Gasteiger partial charge in [-0.3, -0.25) is 0 Å². The first-order valence-corrected chi connectivity index (χ1v) is 1.82. The molecular weight excluding hydrogens is 76.1 g/mol. The number of rotatable bonds is 2. The largest absolute Gasteiger partial charge is 0.502 e. The molecule has 1 nitrogen and oxygen atoms in total. The van der Waals surface area contributed by atoms with Crippen LogP contribution in [0.5, 0.6) is 0 Å². The number of ether oxygens (including phenoxy) is 1. The molecule has 0 atom stereocenters. The summed E-state index contributed by atoms with van der Waals surface area (Å²) in [5, 5.41) is 0. The molecular formula is C5H9O. The molecule has 0 aliphatic heterocycles. The van der Waals surface area contributed by atoms with Crippen molar-refractivity contribution in [2.24, 2.45) is 0 Å². The Morgan fingerprint density at radius 1 is 1.83 bits per heavy atom. The van der Waals surface area contributed by atoms with E-state index < -0.39 is 0 Å². The van der Waals surface area contributed by atoms with Crippen LogP contribution in [-0.2, 0) is 4.74 Å². The van der Waals surface area contributed by atoms with Crippen LogP contribution in [0, 0.1) is 6.92 Å². The van der Waals surface area contributed by atoms with E-state index in [-0.39, 0.29) is 0 Å². The predicted octanol–water partition coefficient (Wildman–Crippen LogP) is 1.37. The van der Waals surface area contributed by atoms with Gasteiger partial charge in [-0.1, -0.05) is 6.58 Å². The molecule has 35 valence electrons. The van der Waals surface area contributed by atoms with Crippen LogP contribution >= 0.6 is 0 Å². The highest BCUT2D eigenvalue weighted by molar-refractivity contribution is 4.81. The lowest BCUT2D eigenvalue weighted by molar-refractivity contribution is 0.286. The van der Waals surface area contributed by atoms with E-state index in [1.54, 1.807) is 7.11 Å².